The highest BCUT2D eigenvalue weighted by atomic mass is 35.5. The SMILES string of the molecule is O=C(O)c1cc(CCO)n2cccc(Cl)c12. The maximum Gasteiger partial charge on any atom is 0.337 e. The normalized spacial score (nSPS) is 10.9. The molecule has 0 saturated heterocycles. The number of carbonyl (C=O) groups is 1. The van der Waals surface area contributed by atoms with E-state index in [1.807, 2.05) is 0 Å². The Kier molecular flexibility index (Phi) is 2.85. The van der Waals surface area contributed by atoms with E-state index in [0.717, 1.165) is 5.69 Å². The summed E-state index contributed by atoms with van der Waals surface area (Å²) in [6, 6.07) is 4.92. The molecule has 2 heterocycles. The average Bonchev–Trinajstić information content (AvgIpc) is 2.60. The van der Waals surface area contributed by atoms with Crippen LogP contribution in [0.1, 0.15) is 16.1 Å². The van der Waals surface area contributed by atoms with E-state index in [4.69, 9.17) is 21.8 Å². The zero-order chi connectivity index (χ0) is 11.7. The number of rotatable bonds is 3. The van der Waals surface area contributed by atoms with Crippen LogP contribution in [0, 0.1) is 0 Å². The average molecular weight is 240 g/mol. The largest absolute Gasteiger partial charge is 0.478 e. The third-order valence-corrected chi connectivity index (χ3v) is 2.72. The summed E-state index contributed by atoms with van der Waals surface area (Å²) in [5, 5.41) is 18.3. The second-order valence-corrected chi connectivity index (χ2v) is 3.81. The molecule has 0 aliphatic rings. The van der Waals surface area contributed by atoms with Crippen molar-refractivity contribution in [3.8, 4) is 0 Å². The van der Waals surface area contributed by atoms with Crippen molar-refractivity contribution < 1.29 is 15.0 Å². The van der Waals surface area contributed by atoms with Gasteiger partial charge in [0.05, 0.1) is 16.1 Å². The van der Waals surface area contributed by atoms with Gasteiger partial charge in [0.25, 0.3) is 0 Å². The monoisotopic (exact) mass is 239 g/mol. The number of nitrogens with zero attached hydrogens (tertiary/aromatic N) is 1. The van der Waals surface area contributed by atoms with Crippen LogP contribution in [0.3, 0.4) is 0 Å². The molecule has 0 spiro atoms. The van der Waals surface area contributed by atoms with Gasteiger partial charge in [-0.2, -0.15) is 0 Å². The Hall–Kier alpha value is -1.52. The van der Waals surface area contributed by atoms with E-state index in [2.05, 4.69) is 0 Å². The van der Waals surface area contributed by atoms with Gasteiger partial charge in [-0.05, 0) is 18.2 Å². The molecule has 16 heavy (non-hydrogen) atoms. The van der Waals surface area contributed by atoms with Gasteiger partial charge in [0.15, 0.2) is 0 Å². The molecule has 0 aromatic carbocycles. The van der Waals surface area contributed by atoms with Crippen LogP contribution in [-0.2, 0) is 6.42 Å². The molecule has 4 nitrogen and oxygen atoms in total. The molecule has 0 amide bonds. The number of halogens is 1. The van der Waals surface area contributed by atoms with Crippen LogP contribution in [0.4, 0.5) is 0 Å². The van der Waals surface area contributed by atoms with Gasteiger partial charge in [-0.1, -0.05) is 11.6 Å². The molecule has 0 radical (unpaired) electrons. The maximum absolute atomic E-state index is 11.1. The van der Waals surface area contributed by atoms with Crippen molar-refractivity contribution >= 4 is 23.1 Å². The Balaban J connectivity index is 2.76. The van der Waals surface area contributed by atoms with E-state index in [0.29, 0.717) is 17.0 Å². The number of carboxylic acid groups (broad SMARTS) is 1. The lowest BCUT2D eigenvalue weighted by molar-refractivity contribution is 0.0699. The molecule has 2 N–H and O–H groups in total. The number of aliphatic hydroxyl groups excluding tert-OH is 1. The molecule has 0 fully saturated rings. The molecule has 0 aliphatic heterocycles. The molecule has 0 unspecified atom stereocenters. The summed E-state index contributed by atoms with van der Waals surface area (Å²) in [7, 11) is 0. The molecular weight excluding hydrogens is 230 g/mol. The van der Waals surface area contributed by atoms with Gasteiger partial charge in [0.2, 0.25) is 0 Å². The molecule has 0 aliphatic carbocycles. The molecule has 0 saturated carbocycles. The van der Waals surface area contributed by atoms with Gasteiger partial charge in [-0.3, -0.25) is 0 Å². The Morgan fingerprint density at radius 1 is 1.50 bits per heavy atom. The zero-order valence-electron chi connectivity index (χ0n) is 8.35. The molecule has 2 aromatic heterocycles. The van der Waals surface area contributed by atoms with Crippen molar-refractivity contribution in [3.05, 3.63) is 40.7 Å². The Morgan fingerprint density at radius 2 is 2.25 bits per heavy atom. The third kappa shape index (κ3) is 1.66. The van der Waals surface area contributed by atoms with Gasteiger partial charge in [0.1, 0.15) is 0 Å². The first-order chi connectivity index (χ1) is 7.65. The number of pyridine rings is 1. The van der Waals surface area contributed by atoms with Crippen molar-refractivity contribution in [2.24, 2.45) is 0 Å². The Morgan fingerprint density at radius 3 is 2.88 bits per heavy atom. The summed E-state index contributed by atoms with van der Waals surface area (Å²) in [6.45, 7) is -0.0301. The van der Waals surface area contributed by atoms with Crippen molar-refractivity contribution in [3.63, 3.8) is 0 Å². The summed E-state index contributed by atoms with van der Waals surface area (Å²) in [5.74, 6) is -1.02. The van der Waals surface area contributed by atoms with Gasteiger partial charge in [-0.25, -0.2) is 4.79 Å². The molecule has 0 atom stereocenters. The number of aromatic carboxylic acids is 1. The molecule has 0 bridgehead atoms. The van der Waals surface area contributed by atoms with Crippen LogP contribution in [0.2, 0.25) is 5.02 Å². The quantitative estimate of drug-likeness (QED) is 0.859. The minimum atomic E-state index is -1.02. The molecule has 2 rings (SSSR count). The second kappa shape index (κ2) is 4.15. The summed E-state index contributed by atoms with van der Waals surface area (Å²) >= 11 is 5.97. The standard InChI is InChI=1S/C11H10ClNO3/c12-9-2-1-4-13-7(3-5-14)6-8(10(9)13)11(15)16/h1-2,4,6,14H,3,5H2,(H,15,16). The van der Waals surface area contributed by atoms with E-state index in [-0.39, 0.29) is 12.2 Å². The summed E-state index contributed by atoms with van der Waals surface area (Å²) in [6.07, 6.45) is 2.13. The van der Waals surface area contributed by atoms with Crippen molar-refractivity contribution in [2.45, 2.75) is 6.42 Å². The lowest BCUT2D eigenvalue weighted by Crippen LogP contribution is -1.96. The first-order valence-electron chi connectivity index (χ1n) is 4.77. The van der Waals surface area contributed by atoms with E-state index >= 15 is 0 Å². The number of aromatic nitrogens is 1. The fourth-order valence-electron chi connectivity index (χ4n) is 1.75. The van der Waals surface area contributed by atoms with Crippen LogP contribution in [0.15, 0.2) is 24.4 Å². The fourth-order valence-corrected chi connectivity index (χ4v) is 2.02. The van der Waals surface area contributed by atoms with Crippen LogP contribution in [0.5, 0.6) is 0 Å². The topological polar surface area (TPSA) is 61.9 Å². The number of aliphatic hydroxyl groups is 1. The third-order valence-electron chi connectivity index (χ3n) is 2.42. The van der Waals surface area contributed by atoms with E-state index in [1.54, 1.807) is 28.8 Å². The highest BCUT2D eigenvalue weighted by Crippen LogP contribution is 2.25. The van der Waals surface area contributed by atoms with Crippen LogP contribution in [-0.4, -0.2) is 27.2 Å². The van der Waals surface area contributed by atoms with Crippen molar-refractivity contribution in [1.29, 1.82) is 0 Å². The summed E-state index contributed by atoms with van der Waals surface area (Å²) < 4.78 is 1.70. The lowest BCUT2D eigenvalue weighted by Gasteiger charge is -2.01. The van der Waals surface area contributed by atoms with E-state index in [1.165, 1.54) is 0 Å². The molecule has 2 aromatic rings. The Labute approximate surface area is 96.7 Å². The number of carboxylic acids is 1. The van der Waals surface area contributed by atoms with Gasteiger partial charge >= 0.3 is 5.97 Å². The summed E-state index contributed by atoms with van der Waals surface area (Å²) in [5.41, 5.74) is 1.37. The zero-order valence-corrected chi connectivity index (χ0v) is 9.11. The first-order valence-corrected chi connectivity index (χ1v) is 5.15. The first kappa shape index (κ1) is 11.0. The second-order valence-electron chi connectivity index (χ2n) is 3.40. The van der Waals surface area contributed by atoms with Crippen LogP contribution < -0.4 is 0 Å². The lowest BCUT2D eigenvalue weighted by atomic mass is 10.2. The molecule has 84 valence electrons. The Bertz CT molecular complexity index is 547. The minimum Gasteiger partial charge on any atom is -0.478 e. The molecular formula is C11H10ClNO3. The van der Waals surface area contributed by atoms with Crippen molar-refractivity contribution in [1.82, 2.24) is 4.40 Å². The fraction of sp³-hybridized carbons (Fsp3) is 0.182. The number of hydrogen-bond donors (Lipinski definition) is 2. The summed E-state index contributed by atoms with van der Waals surface area (Å²) in [4.78, 5) is 11.1. The molecule has 5 heteroatoms. The van der Waals surface area contributed by atoms with E-state index in [9.17, 15) is 4.79 Å². The van der Waals surface area contributed by atoms with Crippen LogP contribution >= 0.6 is 11.6 Å². The van der Waals surface area contributed by atoms with Gasteiger partial charge in [0, 0.05) is 24.9 Å². The highest BCUT2D eigenvalue weighted by Gasteiger charge is 2.16. The predicted molar refractivity (Wildman–Crippen MR) is 60.2 cm³/mol. The minimum absolute atomic E-state index is 0.0301. The number of fused-ring (bicyclic) bond motifs is 1. The smallest absolute Gasteiger partial charge is 0.337 e. The van der Waals surface area contributed by atoms with Gasteiger partial charge in [-0.15, -0.1) is 0 Å². The van der Waals surface area contributed by atoms with Crippen LogP contribution in [0.25, 0.3) is 5.52 Å². The van der Waals surface area contributed by atoms with Gasteiger partial charge < -0.3 is 14.6 Å². The predicted octanol–water partition coefficient (Wildman–Crippen LogP) is 1.83. The number of hydrogen-bond acceptors (Lipinski definition) is 2. The highest BCUT2D eigenvalue weighted by molar-refractivity contribution is 6.34. The van der Waals surface area contributed by atoms with E-state index < -0.39 is 5.97 Å². The maximum atomic E-state index is 11.1. The van der Waals surface area contributed by atoms with Crippen molar-refractivity contribution in [2.75, 3.05) is 6.61 Å².